The standard InChI is InChI=1S/C13H20O3/c1-8-7-13(5,6)10(14)9(8)16-11(15)12(2,3)4/h7H2,1-6H3. The molecule has 0 aliphatic heterocycles. The van der Waals surface area contributed by atoms with Crippen molar-refractivity contribution in [2.75, 3.05) is 0 Å². The Morgan fingerprint density at radius 1 is 1.31 bits per heavy atom. The first-order valence-corrected chi connectivity index (χ1v) is 5.52. The lowest BCUT2D eigenvalue weighted by molar-refractivity contribution is -0.151. The van der Waals surface area contributed by atoms with Crippen LogP contribution >= 0.6 is 0 Å². The van der Waals surface area contributed by atoms with Gasteiger partial charge in [-0.25, -0.2) is 0 Å². The molecule has 3 nitrogen and oxygen atoms in total. The first-order valence-electron chi connectivity index (χ1n) is 5.52. The summed E-state index contributed by atoms with van der Waals surface area (Å²) >= 11 is 0. The normalized spacial score (nSPS) is 20.2. The molecule has 0 spiro atoms. The molecule has 0 radical (unpaired) electrons. The van der Waals surface area contributed by atoms with Crippen LogP contribution in [-0.2, 0) is 14.3 Å². The van der Waals surface area contributed by atoms with Crippen LogP contribution < -0.4 is 0 Å². The molecule has 0 aromatic rings. The second-order valence-corrected chi connectivity index (χ2v) is 6.14. The molecule has 0 fully saturated rings. The highest BCUT2D eigenvalue weighted by Gasteiger charge is 2.41. The quantitative estimate of drug-likeness (QED) is 0.643. The van der Waals surface area contributed by atoms with Crippen molar-refractivity contribution in [3.05, 3.63) is 11.3 Å². The van der Waals surface area contributed by atoms with E-state index in [0.717, 1.165) is 5.57 Å². The molecule has 3 heteroatoms. The van der Waals surface area contributed by atoms with Gasteiger partial charge < -0.3 is 4.74 Å². The summed E-state index contributed by atoms with van der Waals surface area (Å²) in [6.07, 6.45) is 0.665. The Morgan fingerprint density at radius 2 is 1.81 bits per heavy atom. The number of esters is 1. The molecule has 90 valence electrons. The Balaban J connectivity index is 2.88. The van der Waals surface area contributed by atoms with Gasteiger partial charge in [0.2, 0.25) is 5.78 Å². The number of Topliss-reactive ketones (excluding diaryl/α,β-unsaturated/α-hetero) is 1. The van der Waals surface area contributed by atoms with E-state index in [2.05, 4.69) is 0 Å². The number of rotatable bonds is 1. The van der Waals surface area contributed by atoms with E-state index in [1.807, 2.05) is 20.8 Å². The molecule has 0 N–H and O–H groups in total. The van der Waals surface area contributed by atoms with Crippen molar-refractivity contribution in [1.82, 2.24) is 0 Å². The third-order valence-electron chi connectivity index (χ3n) is 2.72. The Morgan fingerprint density at radius 3 is 2.12 bits per heavy atom. The van der Waals surface area contributed by atoms with Crippen molar-refractivity contribution >= 4 is 11.8 Å². The van der Waals surface area contributed by atoms with Crippen LogP contribution in [0, 0.1) is 10.8 Å². The van der Waals surface area contributed by atoms with E-state index in [1.54, 1.807) is 20.8 Å². The summed E-state index contributed by atoms with van der Waals surface area (Å²) in [7, 11) is 0. The van der Waals surface area contributed by atoms with Gasteiger partial charge in [0.1, 0.15) is 0 Å². The summed E-state index contributed by atoms with van der Waals surface area (Å²) in [6, 6.07) is 0. The summed E-state index contributed by atoms with van der Waals surface area (Å²) in [5.41, 5.74) is -0.148. The van der Waals surface area contributed by atoms with Crippen LogP contribution in [0.5, 0.6) is 0 Å². The first kappa shape index (κ1) is 12.9. The van der Waals surface area contributed by atoms with Crippen LogP contribution in [0.4, 0.5) is 0 Å². The molecule has 1 aliphatic carbocycles. The number of ether oxygens (including phenoxy) is 1. The SMILES string of the molecule is CC1=C(OC(=O)C(C)(C)C)C(=O)C(C)(C)C1. The predicted octanol–water partition coefficient (Wildman–Crippen LogP) is 2.85. The Hall–Kier alpha value is -1.12. The van der Waals surface area contributed by atoms with Crippen LogP contribution in [0.1, 0.15) is 48.0 Å². The number of carbonyl (C=O) groups excluding carboxylic acids is 2. The minimum Gasteiger partial charge on any atom is -0.422 e. The average Bonchev–Trinajstić information content (AvgIpc) is 2.26. The minimum absolute atomic E-state index is 0.0670. The molecule has 1 aliphatic rings. The molecule has 0 amide bonds. The Bertz CT molecular complexity index is 367. The van der Waals surface area contributed by atoms with Gasteiger partial charge >= 0.3 is 5.97 Å². The van der Waals surface area contributed by atoms with Crippen molar-refractivity contribution in [3.8, 4) is 0 Å². The van der Waals surface area contributed by atoms with Gasteiger partial charge in [-0.1, -0.05) is 13.8 Å². The topological polar surface area (TPSA) is 43.4 Å². The van der Waals surface area contributed by atoms with E-state index in [0.29, 0.717) is 6.42 Å². The van der Waals surface area contributed by atoms with Gasteiger partial charge in [-0.15, -0.1) is 0 Å². The Kier molecular flexibility index (Phi) is 3.01. The number of allylic oxidation sites excluding steroid dienone is 2. The zero-order valence-corrected chi connectivity index (χ0v) is 10.9. The molecule has 0 unspecified atom stereocenters. The molecule has 16 heavy (non-hydrogen) atoms. The van der Waals surface area contributed by atoms with Crippen LogP contribution in [-0.4, -0.2) is 11.8 Å². The van der Waals surface area contributed by atoms with Gasteiger partial charge in [0, 0.05) is 5.41 Å². The molecule has 0 aromatic carbocycles. The molecule has 0 bridgehead atoms. The molecule has 0 saturated heterocycles. The zero-order chi connectivity index (χ0) is 12.7. The van der Waals surface area contributed by atoms with Gasteiger partial charge in [0.15, 0.2) is 5.76 Å². The zero-order valence-electron chi connectivity index (χ0n) is 10.9. The number of ketones is 1. The molecule has 0 atom stereocenters. The summed E-state index contributed by atoms with van der Waals surface area (Å²) in [6.45, 7) is 10.9. The first-order chi connectivity index (χ1) is 7.05. The monoisotopic (exact) mass is 224 g/mol. The molecule has 0 aromatic heterocycles. The Labute approximate surface area is 96.9 Å². The van der Waals surface area contributed by atoms with Crippen LogP contribution in [0.3, 0.4) is 0 Å². The van der Waals surface area contributed by atoms with E-state index in [1.165, 1.54) is 0 Å². The van der Waals surface area contributed by atoms with E-state index in [4.69, 9.17) is 4.74 Å². The highest BCUT2D eigenvalue weighted by Crippen LogP contribution is 2.39. The average molecular weight is 224 g/mol. The van der Waals surface area contributed by atoms with Gasteiger partial charge in [0.25, 0.3) is 0 Å². The van der Waals surface area contributed by atoms with Gasteiger partial charge in [-0.05, 0) is 39.7 Å². The van der Waals surface area contributed by atoms with Crippen molar-refractivity contribution < 1.29 is 14.3 Å². The van der Waals surface area contributed by atoms with Crippen molar-refractivity contribution in [1.29, 1.82) is 0 Å². The molecular formula is C13H20O3. The number of carbonyl (C=O) groups is 2. The lowest BCUT2D eigenvalue weighted by Crippen LogP contribution is -2.27. The third-order valence-corrected chi connectivity index (χ3v) is 2.72. The van der Waals surface area contributed by atoms with Gasteiger partial charge in [0.05, 0.1) is 5.41 Å². The maximum Gasteiger partial charge on any atom is 0.316 e. The molecule has 1 rings (SSSR count). The van der Waals surface area contributed by atoms with Crippen LogP contribution in [0.2, 0.25) is 0 Å². The largest absolute Gasteiger partial charge is 0.422 e. The van der Waals surface area contributed by atoms with Crippen molar-refractivity contribution in [2.45, 2.75) is 48.0 Å². The summed E-state index contributed by atoms with van der Waals surface area (Å²) in [5.74, 6) is -0.166. The fraction of sp³-hybridized carbons (Fsp3) is 0.692. The maximum atomic E-state index is 12.0. The fourth-order valence-electron chi connectivity index (χ4n) is 1.70. The highest BCUT2D eigenvalue weighted by atomic mass is 16.5. The fourth-order valence-corrected chi connectivity index (χ4v) is 1.70. The van der Waals surface area contributed by atoms with Crippen LogP contribution in [0.25, 0.3) is 0 Å². The summed E-state index contributed by atoms with van der Waals surface area (Å²) in [4.78, 5) is 23.7. The van der Waals surface area contributed by atoms with Crippen molar-refractivity contribution in [3.63, 3.8) is 0 Å². The summed E-state index contributed by atoms with van der Waals surface area (Å²) in [5, 5.41) is 0. The lowest BCUT2D eigenvalue weighted by Gasteiger charge is -2.18. The van der Waals surface area contributed by atoms with Crippen molar-refractivity contribution in [2.24, 2.45) is 10.8 Å². The van der Waals surface area contributed by atoms with E-state index < -0.39 is 10.8 Å². The maximum absolute atomic E-state index is 12.0. The molecule has 0 saturated carbocycles. The highest BCUT2D eigenvalue weighted by molar-refractivity contribution is 6.02. The second kappa shape index (κ2) is 3.72. The molecular weight excluding hydrogens is 204 g/mol. The number of hydrogen-bond donors (Lipinski definition) is 0. The van der Waals surface area contributed by atoms with E-state index in [-0.39, 0.29) is 17.5 Å². The van der Waals surface area contributed by atoms with E-state index >= 15 is 0 Å². The molecule has 0 heterocycles. The third kappa shape index (κ3) is 2.34. The minimum atomic E-state index is -0.583. The number of hydrogen-bond acceptors (Lipinski definition) is 3. The smallest absolute Gasteiger partial charge is 0.316 e. The van der Waals surface area contributed by atoms with Gasteiger partial charge in [-0.2, -0.15) is 0 Å². The van der Waals surface area contributed by atoms with Gasteiger partial charge in [-0.3, -0.25) is 9.59 Å². The van der Waals surface area contributed by atoms with Crippen LogP contribution in [0.15, 0.2) is 11.3 Å². The summed E-state index contributed by atoms with van der Waals surface area (Å²) < 4.78 is 5.23. The lowest BCUT2D eigenvalue weighted by atomic mass is 9.88. The van der Waals surface area contributed by atoms with E-state index in [9.17, 15) is 9.59 Å². The predicted molar refractivity (Wildman–Crippen MR) is 61.7 cm³/mol. The second-order valence-electron chi connectivity index (χ2n) is 6.14.